The van der Waals surface area contributed by atoms with E-state index in [0.29, 0.717) is 19.2 Å². The smallest absolute Gasteiger partial charge is 0.379 e. The van der Waals surface area contributed by atoms with Gasteiger partial charge in [-0.3, -0.25) is 14.9 Å². The number of nitro groups is 1. The van der Waals surface area contributed by atoms with Crippen molar-refractivity contribution in [2.24, 2.45) is 0 Å². The Hall–Kier alpha value is -2.07. The van der Waals surface area contributed by atoms with E-state index in [1.54, 1.807) is 4.90 Å². The van der Waals surface area contributed by atoms with Crippen LogP contribution in [-0.4, -0.2) is 48.5 Å². The summed E-state index contributed by atoms with van der Waals surface area (Å²) in [5.41, 5.74) is -1.79. The molecule has 11 heteroatoms. The largest absolute Gasteiger partial charge is 0.416 e. The molecule has 1 fully saturated rings. The van der Waals surface area contributed by atoms with Crippen molar-refractivity contribution >= 4 is 29.7 Å². The van der Waals surface area contributed by atoms with E-state index in [2.05, 4.69) is 10.6 Å². The molecule has 152 valence electrons. The van der Waals surface area contributed by atoms with Crippen molar-refractivity contribution in [1.82, 2.24) is 10.2 Å². The molecule has 1 aromatic rings. The minimum absolute atomic E-state index is 0. The number of nitrogens with zero attached hydrogens (tertiary/aromatic N) is 2. The first-order valence-electron chi connectivity index (χ1n) is 8.27. The standard InChI is InChI=1S/C16H21F3N4O3.ClH/c1-20-10-12-3-2-8-22(12)15(24)6-7-21-13-5-4-11(16(17,18)19)9-14(13)23(25)26;/h4-5,9,12,20-21H,2-3,6-8,10H2,1H3;1H. The predicted molar refractivity (Wildman–Crippen MR) is 97.1 cm³/mol. The van der Waals surface area contributed by atoms with Crippen LogP contribution < -0.4 is 10.6 Å². The molecule has 0 bridgehead atoms. The second-order valence-electron chi connectivity index (χ2n) is 6.10. The zero-order valence-electron chi connectivity index (χ0n) is 14.7. The summed E-state index contributed by atoms with van der Waals surface area (Å²) in [5, 5.41) is 16.8. The van der Waals surface area contributed by atoms with Crippen LogP contribution in [0.15, 0.2) is 18.2 Å². The van der Waals surface area contributed by atoms with Gasteiger partial charge in [-0.1, -0.05) is 0 Å². The van der Waals surface area contributed by atoms with Gasteiger partial charge in [0.1, 0.15) is 5.69 Å². The van der Waals surface area contributed by atoms with Gasteiger partial charge in [-0.05, 0) is 32.0 Å². The molecule has 1 atom stereocenters. The van der Waals surface area contributed by atoms with Gasteiger partial charge in [0, 0.05) is 38.2 Å². The van der Waals surface area contributed by atoms with E-state index in [1.165, 1.54) is 0 Å². The second kappa shape index (κ2) is 9.75. The van der Waals surface area contributed by atoms with Gasteiger partial charge < -0.3 is 15.5 Å². The molecule has 1 unspecified atom stereocenters. The summed E-state index contributed by atoms with van der Waals surface area (Å²) in [4.78, 5) is 24.2. The first-order chi connectivity index (χ1) is 12.2. The quantitative estimate of drug-likeness (QED) is 0.533. The topological polar surface area (TPSA) is 87.5 Å². The Morgan fingerprint density at radius 1 is 1.41 bits per heavy atom. The number of anilines is 1. The number of alkyl halides is 3. The summed E-state index contributed by atoms with van der Waals surface area (Å²) in [6, 6.07) is 2.42. The van der Waals surface area contributed by atoms with Crippen LogP contribution in [0.2, 0.25) is 0 Å². The molecular formula is C16H22ClF3N4O3. The fourth-order valence-electron chi connectivity index (χ4n) is 3.07. The number of hydrogen-bond donors (Lipinski definition) is 2. The summed E-state index contributed by atoms with van der Waals surface area (Å²) in [7, 11) is 1.81. The molecule has 1 amide bonds. The summed E-state index contributed by atoms with van der Waals surface area (Å²) in [6.45, 7) is 1.48. The third kappa shape index (κ3) is 5.96. The number of nitro benzene ring substituents is 1. The number of hydrogen-bond acceptors (Lipinski definition) is 5. The maximum atomic E-state index is 12.7. The average molecular weight is 411 g/mol. The Balaban J connectivity index is 0.00000364. The van der Waals surface area contributed by atoms with E-state index < -0.39 is 22.4 Å². The molecule has 0 aliphatic carbocycles. The van der Waals surface area contributed by atoms with Crippen LogP contribution in [0.4, 0.5) is 24.5 Å². The summed E-state index contributed by atoms with van der Waals surface area (Å²) in [5.74, 6) is -0.0789. The van der Waals surface area contributed by atoms with Crippen LogP contribution in [0.5, 0.6) is 0 Å². The molecule has 1 aromatic carbocycles. The Morgan fingerprint density at radius 2 is 2.11 bits per heavy atom. The number of likely N-dealkylation sites (tertiary alicyclic amines) is 1. The number of rotatable bonds is 7. The average Bonchev–Trinajstić information content (AvgIpc) is 3.02. The van der Waals surface area contributed by atoms with Gasteiger partial charge in [0.2, 0.25) is 5.91 Å². The van der Waals surface area contributed by atoms with Gasteiger partial charge >= 0.3 is 6.18 Å². The van der Waals surface area contributed by atoms with Gasteiger partial charge in [0.15, 0.2) is 0 Å². The zero-order chi connectivity index (χ0) is 19.3. The van der Waals surface area contributed by atoms with Crippen LogP contribution in [0.3, 0.4) is 0 Å². The van der Waals surface area contributed by atoms with Crippen molar-refractivity contribution in [2.75, 3.05) is 32.0 Å². The van der Waals surface area contributed by atoms with Crippen molar-refractivity contribution in [2.45, 2.75) is 31.5 Å². The van der Waals surface area contributed by atoms with Crippen molar-refractivity contribution in [3.05, 3.63) is 33.9 Å². The highest BCUT2D eigenvalue weighted by atomic mass is 35.5. The Kier molecular flexibility index (Phi) is 8.29. The monoisotopic (exact) mass is 410 g/mol. The van der Waals surface area contributed by atoms with Gasteiger partial charge in [-0.15, -0.1) is 12.4 Å². The molecule has 7 nitrogen and oxygen atoms in total. The van der Waals surface area contributed by atoms with Gasteiger partial charge in [0.05, 0.1) is 10.5 Å². The van der Waals surface area contributed by atoms with Crippen molar-refractivity contribution in [3.8, 4) is 0 Å². The number of halogens is 4. The highest BCUT2D eigenvalue weighted by Crippen LogP contribution is 2.34. The van der Waals surface area contributed by atoms with Crippen molar-refractivity contribution < 1.29 is 22.9 Å². The van der Waals surface area contributed by atoms with Crippen molar-refractivity contribution in [1.29, 1.82) is 0 Å². The van der Waals surface area contributed by atoms with E-state index >= 15 is 0 Å². The fraction of sp³-hybridized carbons (Fsp3) is 0.562. The van der Waals surface area contributed by atoms with E-state index in [4.69, 9.17) is 0 Å². The molecule has 0 radical (unpaired) electrons. The maximum absolute atomic E-state index is 12.7. The van der Waals surface area contributed by atoms with Crippen molar-refractivity contribution in [3.63, 3.8) is 0 Å². The molecule has 0 saturated carbocycles. The SMILES string of the molecule is CNCC1CCCN1C(=O)CCNc1ccc(C(F)(F)F)cc1[N+](=O)[O-].Cl. The minimum Gasteiger partial charge on any atom is -0.379 e. The fourth-order valence-corrected chi connectivity index (χ4v) is 3.07. The summed E-state index contributed by atoms with van der Waals surface area (Å²) < 4.78 is 38.1. The molecule has 1 aliphatic rings. The molecule has 1 heterocycles. The molecular weight excluding hydrogens is 389 g/mol. The minimum atomic E-state index is -4.66. The van der Waals surface area contributed by atoms with Gasteiger partial charge in [0.25, 0.3) is 5.69 Å². The number of nitrogens with one attached hydrogen (secondary N) is 2. The molecule has 0 spiro atoms. The van der Waals surface area contributed by atoms with Crippen LogP contribution >= 0.6 is 12.4 Å². The van der Waals surface area contributed by atoms with E-state index in [1.807, 2.05) is 7.05 Å². The first kappa shape index (κ1) is 23.0. The lowest BCUT2D eigenvalue weighted by molar-refractivity contribution is -0.384. The van der Waals surface area contributed by atoms with Crippen LogP contribution in [0.1, 0.15) is 24.8 Å². The lowest BCUT2D eigenvalue weighted by Crippen LogP contribution is -2.41. The summed E-state index contributed by atoms with van der Waals surface area (Å²) in [6.07, 6.45) is -2.70. The number of benzene rings is 1. The highest BCUT2D eigenvalue weighted by Gasteiger charge is 2.33. The molecule has 1 saturated heterocycles. The molecule has 1 aliphatic heterocycles. The molecule has 2 N–H and O–H groups in total. The lowest BCUT2D eigenvalue weighted by atomic mass is 10.1. The third-order valence-electron chi connectivity index (χ3n) is 4.31. The predicted octanol–water partition coefficient (Wildman–Crippen LogP) is 3.05. The van der Waals surface area contributed by atoms with E-state index in [-0.39, 0.29) is 43.0 Å². The van der Waals surface area contributed by atoms with Gasteiger partial charge in [-0.25, -0.2) is 0 Å². The number of carbonyl (C=O) groups excluding carboxylic acids is 1. The van der Waals surface area contributed by atoms with E-state index in [0.717, 1.165) is 25.0 Å². The third-order valence-corrected chi connectivity index (χ3v) is 4.31. The molecule has 2 rings (SSSR count). The first-order valence-corrected chi connectivity index (χ1v) is 8.27. The Morgan fingerprint density at radius 3 is 2.70 bits per heavy atom. The Labute approximate surface area is 160 Å². The normalized spacial score (nSPS) is 16.7. The van der Waals surface area contributed by atoms with Crippen LogP contribution in [0.25, 0.3) is 0 Å². The second-order valence-corrected chi connectivity index (χ2v) is 6.10. The molecule has 27 heavy (non-hydrogen) atoms. The highest BCUT2D eigenvalue weighted by molar-refractivity contribution is 5.85. The number of likely N-dealkylation sites (N-methyl/N-ethyl adjacent to an activating group) is 1. The van der Waals surface area contributed by atoms with Crippen LogP contribution in [-0.2, 0) is 11.0 Å². The van der Waals surface area contributed by atoms with Gasteiger partial charge in [-0.2, -0.15) is 13.2 Å². The summed E-state index contributed by atoms with van der Waals surface area (Å²) >= 11 is 0. The molecule has 0 aromatic heterocycles. The number of amides is 1. The number of carbonyl (C=O) groups is 1. The van der Waals surface area contributed by atoms with E-state index in [9.17, 15) is 28.1 Å². The Bertz CT molecular complexity index is 673. The maximum Gasteiger partial charge on any atom is 0.416 e. The lowest BCUT2D eigenvalue weighted by Gasteiger charge is -2.24. The zero-order valence-corrected chi connectivity index (χ0v) is 15.5. The van der Waals surface area contributed by atoms with Crippen LogP contribution in [0, 0.1) is 10.1 Å².